The third kappa shape index (κ3) is 2.53. The summed E-state index contributed by atoms with van der Waals surface area (Å²) < 4.78 is 0. The molecule has 0 fully saturated rings. The number of hydrogen-bond acceptors (Lipinski definition) is 3. The molecule has 0 aliphatic carbocycles. The van der Waals surface area contributed by atoms with E-state index in [9.17, 15) is 0 Å². The summed E-state index contributed by atoms with van der Waals surface area (Å²) in [5.74, 6) is 0. The molecule has 0 unspecified atom stereocenters. The monoisotopic (exact) mass is 268 g/mol. The van der Waals surface area contributed by atoms with E-state index in [-0.39, 0.29) is 0 Å². The van der Waals surface area contributed by atoms with Crippen molar-refractivity contribution >= 4 is 22.1 Å². The van der Waals surface area contributed by atoms with Crippen molar-refractivity contribution in [3.8, 4) is 10.6 Å². The van der Waals surface area contributed by atoms with Crippen LogP contribution < -0.4 is 5.73 Å². The minimum Gasteiger partial charge on any atom is -0.330 e. The predicted octanol–water partition coefficient (Wildman–Crippen LogP) is 3.85. The smallest absolute Gasteiger partial charge is 0.124 e. The molecule has 0 radical (unpaired) electrons. The molecule has 1 aromatic heterocycles. The molecule has 0 spiro atoms. The van der Waals surface area contributed by atoms with E-state index in [4.69, 9.17) is 10.7 Å². The summed E-state index contributed by atoms with van der Waals surface area (Å²) in [6.07, 6.45) is 1.97. The molecule has 0 aliphatic heterocycles. The fourth-order valence-electron chi connectivity index (χ4n) is 2.24. The molecule has 19 heavy (non-hydrogen) atoms. The molecule has 3 rings (SSSR count). The molecular weight excluding hydrogens is 252 g/mol. The van der Waals surface area contributed by atoms with Crippen molar-refractivity contribution in [2.75, 3.05) is 6.54 Å². The summed E-state index contributed by atoms with van der Waals surface area (Å²) in [4.78, 5) is 4.73. The molecule has 0 aliphatic rings. The average Bonchev–Trinajstić information content (AvgIpc) is 2.93. The second kappa shape index (κ2) is 5.51. The van der Waals surface area contributed by atoms with Crippen LogP contribution in [0.2, 0.25) is 0 Å². The molecule has 3 heteroatoms. The third-order valence-electron chi connectivity index (χ3n) is 3.21. The molecule has 0 amide bonds. The van der Waals surface area contributed by atoms with Crippen molar-refractivity contribution in [1.29, 1.82) is 0 Å². The normalized spacial score (nSPS) is 11.0. The summed E-state index contributed by atoms with van der Waals surface area (Å²) in [5.41, 5.74) is 7.92. The SMILES string of the molecule is NCCCc1csc(-c2cccc3ccccc23)n1. The zero-order valence-corrected chi connectivity index (χ0v) is 11.5. The Labute approximate surface area is 116 Å². The summed E-state index contributed by atoms with van der Waals surface area (Å²) >= 11 is 1.72. The van der Waals surface area contributed by atoms with Crippen molar-refractivity contribution in [1.82, 2.24) is 4.98 Å². The van der Waals surface area contributed by atoms with Crippen LogP contribution in [0, 0.1) is 0 Å². The van der Waals surface area contributed by atoms with E-state index < -0.39 is 0 Å². The van der Waals surface area contributed by atoms with Gasteiger partial charge in [-0.2, -0.15) is 0 Å². The Morgan fingerprint density at radius 3 is 2.79 bits per heavy atom. The van der Waals surface area contributed by atoms with Gasteiger partial charge >= 0.3 is 0 Å². The number of hydrogen-bond donors (Lipinski definition) is 1. The fraction of sp³-hybridized carbons (Fsp3) is 0.188. The number of benzene rings is 2. The Bertz CT molecular complexity index is 683. The first kappa shape index (κ1) is 12.3. The van der Waals surface area contributed by atoms with E-state index in [0.717, 1.165) is 30.1 Å². The van der Waals surface area contributed by atoms with Crippen LogP contribution in [0.25, 0.3) is 21.3 Å². The molecular formula is C16H16N2S. The Morgan fingerprint density at radius 2 is 1.89 bits per heavy atom. The lowest BCUT2D eigenvalue weighted by Crippen LogP contribution is -2.00. The molecule has 0 saturated carbocycles. The molecule has 96 valence electrons. The molecule has 0 saturated heterocycles. The second-order valence-electron chi connectivity index (χ2n) is 4.56. The number of aromatic nitrogens is 1. The van der Waals surface area contributed by atoms with Gasteiger partial charge in [0.25, 0.3) is 0 Å². The Morgan fingerprint density at radius 1 is 1.05 bits per heavy atom. The number of thiazole rings is 1. The molecule has 1 heterocycles. The van der Waals surface area contributed by atoms with Crippen molar-refractivity contribution in [2.24, 2.45) is 5.73 Å². The number of rotatable bonds is 4. The standard InChI is InChI=1S/C16H16N2S/c17-10-4-7-13-11-19-16(18-13)15-9-3-6-12-5-1-2-8-14(12)15/h1-3,5-6,8-9,11H,4,7,10,17H2. The van der Waals surface area contributed by atoms with E-state index in [0.29, 0.717) is 0 Å². The van der Waals surface area contributed by atoms with E-state index >= 15 is 0 Å². The second-order valence-corrected chi connectivity index (χ2v) is 5.42. The molecule has 2 aromatic carbocycles. The van der Waals surface area contributed by atoms with E-state index in [1.54, 1.807) is 11.3 Å². The number of nitrogens with two attached hydrogens (primary N) is 1. The molecule has 0 bridgehead atoms. The maximum absolute atomic E-state index is 5.54. The maximum atomic E-state index is 5.54. The van der Waals surface area contributed by atoms with Crippen molar-refractivity contribution < 1.29 is 0 Å². The van der Waals surface area contributed by atoms with E-state index in [2.05, 4.69) is 47.8 Å². The van der Waals surface area contributed by atoms with Crippen LogP contribution in [-0.4, -0.2) is 11.5 Å². The predicted molar refractivity (Wildman–Crippen MR) is 82.4 cm³/mol. The van der Waals surface area contributed by atoms with Gasteiger partial charge in [0.15, 0.2) is 0 Å². The van der Waals surface area contributed by atoms with Gasteiger partial charge in [-0.3, -0.25) is 0 Å². The topological polar surface area (TPSA) is 38.9 Å². The fourth-order valence-corrected chi connectivity index (χ4v) is 3.13. The van der Waals surface area contributed by atoms with Crippen LogP contribution in [0.15, 0.2) is 47.8 Å². The highest BCUT2D eigenvalue weighted by Gasteiger charge is 2.07. The number of fused-ring (bicyclic) bond motifs is 1. The van der Waals surface area contributed by atoms with Crippen LogP contribution in [0.3, 0.4) is 0 Å². The van der Waals surface area contributed by atoms with Crippen LogP contribution in [0.5, 0.6) is 0 Å². The zero-order valence-electron chi connectivity index (χ0n) is 10.7. The van der Waals surface area contributed by atoms with Gasteiger partial charge < -0.3 is 5.73 Å². The lowest BCUT2D eigenvalue weighted by Gasteiger charge is -2.03. The molecule has 2 nitrogen and oxygen atoms in total. The van der Waals surface area contributed by atoms with Gasteiger partial charge in [-0.15, -0.1) is 11.3 Å². The van der Waals surface area contributed by atoms with Gasteiger partial charge in [-0.25, -0.2) is 4.98 Å². The Hall–Kier alpha value is -1.71. The Balaban J connectivity index is 2.02. The minimum atomic E-state index is 0.723. The summed E-state index contributed by atoms with van der Waals surface area (Å²) in [6, 6.07) is 14.8. The van der Waals surface area contributed by atoms with Gasteiger partial charge in [-0.05, 0) is 30.2 Å². The lowest BCUT2D eigenvalue weighted by atomic mass is 10.1. The highest BCUT2D eigenvalue weighted by atomic mass is 32.1. The first-order chi connectivity index (χ1) is 9.38. The first-order valence-corrected chi connectivity index (χ1v) is 7.39. The van der Waals surface area contributed by atoms with Crippen LogP contribution >= 0.6 is 11.3 Å². The van der Waals surface area contributed by atoms with Gasteiger partial charge in [0, 0.05) is 10.9 Å². The third-order valence-corrected chi connectivity index (χ3v) is 4.13. The van der Waals surface area contributed by atoms with Crippen molar-refractivity contribution in [3.63, 3.8) is 0 Å². The van der Waals surface area contributed by atoms with Gasteiger partial charge in [-0.1, -0.05) is 42.5 Å². The van der Waals surface area contributed by atoms with Gasteiger partial charge in [0.05, 0.1) is 5.69 Å². The van der Waals surface area contributed by atoms with E-state index in [1.807, 2.05) is 0 Å². The van der Waals surface area contributed by atoms with Crippen molar-refractivity contribution in [3.05, 3.63) is 53.5 Å². The largest absolute Gasteiger partial charge is 0.330 e. The van der Waals surface area contributed by atoms with Crippen LogP contribution in [0.4, 0.5) is 0 Å². The lowest BCUT2D eigenvalue weighted by molar-refractivity contribution is 0.816. The summed E-state index contributed by atoms with van der Waals surface area (Å²) in [7, 11) is 0. The van der Waals surface area contributed by atoms with Crippen molar-refractivity contribution in [2.45, 2.75) is 12.8 Å². The minimum absolute atomic E-state index is 0.723. The van der Waals surface area contributed by atoms with Crippen LogP contribution in [0.1, 0.15) is 12.1 Å². The molecule has 0 atom stereocenters. The molecule has 2 N–H and O–H groups in total. The summed E-state index contributed by atoms with van der Waals surface area (Å²) in [5, 5.41) is 5.78. The quantitative estimate of drug-likeness (QED) is 0.780. The van der Waals surface area contributed by atoms with Gasteiger partial charge in [0.2, 0.25) is 0 Å². The average molecular weight is 268 g/mol. The first-order valence-electron chi connectivity index (χ1n) is 6.51. The Kier molecular flexibility index (Phi) is 3.58. The highest BCUT2D eigenvalue weighted by molar-refractivity contribution is 7.13. The number of nitrogens with zero attached hydrogens (tertiary/aromatic N) is 1. The maximum Gasteiger partial charge on any atom is 0.124 e. The summed E-state index contributed by atoms with van der Waals surface area (Å²) in [6.45, 7) is 0.723. The number of aryl methyl sites for hydroxylation is 1. The zero-order chi connectivity index (χ0) is 13.1. The molecule has 3 aromatic rings. The van der Waals surface area contributed by atoms with Crippen LogP contribution in [-0.2, 0) is 6.42 Å². The van der Waals surface area contributed by atoms with Gasteiger partial charge in [0.1, 0.15) is 5.01 Å². The van der Waals surface area contributed by atoms with E-state index in [1.165, 1.54) is 16.3 Å². The highest BCUT2D eigenvalue weighted by Crippen LogP contribution is 2.30.